The number of ketones is 1. The molecule has 2 aromatic rings. The highest BCUT2D eigenvalue weighted by Gasteiger charge is 2.39. The van der Waals surface area contributed by atoms with Gasteiger partial charge < -0.3 is 4.74 Å². The lowest BCUT2D eigenvalue weighted by molar-refractivity contribution is -0.131. The van der Waals surface area contributed by atoms with Gasteiger partial charge in [-0.25, -0.2) is 0 Å². The predicted molar refractivity (Wildman–Crippen MR) is 98.1 cm³/mol. The molecule has 1 aliphatic rings. The number of aryl methyl sites for hydroxylation is 1. The summed E-state index contributed by atoms with van der Waals surface area (Å²) in [6, 6.07) is 6.85. The molecule has 3 rings (SSSR count). The second-order valence-corrected chi connectivity index (χ2v) is 7.50. The Labute approximate surface area is 152 Å². The summed E-state index contributed by atoms with van der Waals surface area (Å²) in [6.07, 6.45) is 2.50. The highest BCUT2D eigenvalue weighted by molar-refractivity contribution is 8.19. The Morgan fingerprint density at radius 2 is 2.04 bits per heavy atom. The summed E-state index contributed by atoms with van der Waals surface area (Å²) in [5.41, 5.74) is 0.798. The van der Waals surface area contributed by atoms with E-state index >= 15 is 0 Å². The largest absolute Gasteiger partial charge is 0.427 e. The van der Waals surface area contributed by atoms with E-state index in [-0.39, 0.29) is 16.8 Å². The van der Waals surface area contributed by atoms with E-state index in [0.717, 1.165) is 28.8 Å². The van der Waals surface area contributed by atoms with E-state index in [1.54, 1.807) is 30.3 Å². The van der Waals surface area contributed by atoms with Crippen molar-refractivity contribution in [1.29, 1.82) is 5.41 Å². The van der Waals surface area contributed by atoms with Gasteiger partial charge >= 0.3 is 5.97 Å². The number of hydrogen-bond acceptors (Lipinski definition) is 8. The van der Waals surface area contributed by atoms with Crippen molar-refractivity contribution in [2.75, 3.05) is 0 Å². The van der Waals surface area contributed by atoms with Gasteiger partial charge in [-0.1, -0.05) is 30.8 Å². The summed E-state index contributed by atoms with van der Waals surface area (Å²) in [5.74, 6) is -0.703. The number of rotatable bonds is 4. The van der Waals surface area contributed by atoms with Crippen molar-refractivity contribution in [2.24, 2.45) is 0 Å². The van der Waals surface area contributed by atoms with Crippen LogP contribution >= 0.6 is 23.1 Å². The lowest BCUT2D eigenvalue weighted by Gasteiger charge is -2.02. The van der Waals surface area contributed by atoms with Gasteiger partial charge in [0.15, 0.2) is 5.78 Å². The first-order valence-electron chi connectivity index (χ1n) is 7.61. The average molecular weight is 373 g/mol. The first-order valence-corrected chi connectivity index (χ1v) is 9.24. The van der Waals surface area contributed by atoms with E-state index in [4.69, 9.17) is 10.1 Å². The second kappa shape index (κ2) is 7.28. The van der Waals surface area contributed by atoms with Crippen molar-refractivity contribution in [3.8, 4) is 5.75 Å². The van der Waals surface area contributed by atoms with Crippen LogP contribution in [0.3, 0.4) is 0 Å². The molecule has 1 fully saturated rings. The molecule has 1 aromatic heterocycles. The van der Waals surface area contributed by atoms with Gasteiger partial charge in [-0.3, -0.25) is 15.0 Å². The number of benzene rings is 1. The number of hydrogen-bond donors (Lipinski definition) is 1. The maximum atomic E-state index is 12.7. The first-order chi connectivity index (χ1) is 12.0. The van der Waals surface area contributed by atoms with E-state index in [9.17, 15) is 9.59 Å². The van der Waals surface area contributed by atoms with Crippen LogP contribution in [0.2, 0.25) is 0 Å². The molecular weight excluding hydrogens is 358 g/mol. The maximum absolute atomic E-state index is 12.7. The zero-order valence-electron chi connectivity index (χ0n) is 13.6. The molecule has 0 aliphatic carbocycles. The summed E-state index contributed by atoms with van der Waals surface area (Å²) in [4.78, 5) is 24.1. The van der Waals surface area contributed by atoms with Crippen LogP contribution in [0, 0.1) is 5.41 Å². The van der Waals surface area contributed by atoms with Crippen LogP contribution in [-0.4, -0.2) is 27.0 Å². The molecule has 1 aromatic carbocycles. The quantitative estimate of drug-likeness (QED) is 0.501. The Hall–Kier alpha value is -2.32. The van der Waals surface area contributed by atoms with Gasteiger partial charge in [0.25, 0.3) is 0 Å². The number of nitrogens with one attached hydrogen (secondary N) is 1. The fraction of sp³-hybridized carbons (Fsp3) is 0.235. The fourth-order valence-corrected chi connectivity index (χ4v) is 4.24. The van der Waals surface area contributed by atoms with Gasteiger partial charge in [0, 0.05) is 6.92 Å². The Balaban J connectivity index is 1.81. The van der Waals surface area contributed by atoms with Gasteiger partial charge in [-0.2, -0.15) is 0 Å². The summed E-state index contributed by atoms with van der Waals surface area (Å²) < 4.78 is 4.99. The summed E-state index contributed by atoms with van der Waals surface area (Å²) in [7, 11) is 0. The molecule has 0 radical (unpaired) electrons. The number of aromatic nitrogens is 2. The lowest BCUT2D eigenvalue weighted by atomic mass is 10.1. The topological polar surface area (TPSA) is 93.0 Å². The Morgan fingerprint density at radius 3 is 2.64 bits per heavy atom. The number of nitrogens with zero attached hydrogens (tertiary/aromatic N) is 2. The first kappa shape index (κ1) is 17.5. The third kappa shape index (κ3) is 3.85. The van der Waals surface area contributed by atoms with Crippen LogP contribution in [0.1, 0.15) is 35.3 Å². The van der Waals surface area contributed by atoms with Gasteiger partial charge in [0.1, 0.15) is 21.7 Å². The van der Waals surface area contributed by atoms with Crippen LogP contribution in [0.25, 0.3) is 6.08 Å². The Kier molecular flexibility index (Phi) is 5.10. The number of Topliss-reactive ketones (excluding diaryl/α,β-unsaturated/α-hetero) is 1. The average Bonchev–Trinajstić information content (AvgIpc) is 3.13. The normalized spacial score (nSPS) is 18.8. The van der Waals surface area contributed by atoms with Crippen LogP contribution in [0.4, 0.5) is 0 Å². The monoisotopic (exact) mass is 373 g/mol. The van der Waals surface area contributed by atoms with E-state index in [0.29, 0.717) is 15.7 Å². The fourth-order valence-electron chi connectivity index (χ4n) is 2.29. The zero-order valence-corrected chi connectivity index (χ0v) is 15.2. The number of thioether (sulfide) groups is 1. The molecule has 6 nitrogen and oxygen atoms in total. The molecule has 1 N–H and O–H groups in total. The SMILES string of the molecule is CCc1nnc([C@H]2C(=N)S/C(=C\c3ccc(OC(C)=O)cc3)C2=O)s1. The minimum Gasteiger partial charge on any atom is -0.427 e. The summed E-state index contributed by atoms with van der Waals surface area (Å²) in [5, 5.41) is 17.9. The number of allylic oxidation sites excluding steroid dienone is 1. The third-order valence-electron chi connectivity index (χ3n) is 3.46. The van der Waals surface area contributed by atoms with Crippen molar-refractivity contribution >= 4 is 46.0 Å². The maximum Gasteiger partial charge on any atom is 0.308 e. The molecule has 0 bridgehead atoms. The number of carbonyl (C=O) groups is 2. The molecule has 1 atom stereocenters. The zero-order chi connectivity index (χ0) is 18.0. The number of ether oxygens (including phenoxy) is 1. The van der Waals surface area contributed by atoms with Crippen LogP contribution < -0.4 is 4.74 Å². The highest BCUT2D eigenvalue weighted by Crippen LogP contribution is 2.41. The number of esters is 1. The smallest absolute Gasteiger partial charge is 0.308 e. The molecule has 0 amide bonds. The van der Waals surface area contributed by atoms with Gasteiger partial charge in [-0.15, -0.1) is 21.5 Å². The van der Waals surface area contributed by atoms with Crippen molar-refractivity contribution in [2.45, 2.75) is 26.2 Å². The second-order valence-electron chi connectivity index (χ2n) is 5.32. The highest BCUT2D eigenvalue weighted by atomic mass is 32.2. The Morgan fingerprint density at radius 1 is 1.32 bits per heavy atom. The van der Waals surface area contributed by atoms with E-state index in [2.05, 4.69) is 10.2 Å². The molecular formula is C17H15N3O3S2. The van der Waals surface area contributed by atoms with E-state index in [1.807, 2.05) is 6.92 Å². The number of carbonyl (C=O) groups excluding carboxylic acids is 2. The van der Waals surface area contributed by atoms with Gasteiger partial charge in [0.2, 0.25) is 0 Å². The molecule has 0 unspecified atom stereocenters. The van der Waals surface area contributed by atoms with Crippen molar-refractivity contribution in [3.05, 3.63) is 44.7 Å². The lowest BCUT2D eigenvalue weighted by Crippen LogP contribution is -2.11. The van der Waals surface area contributed by atoms with Crippen LogP contribution in [0.15, 0.2) is 29.2 Å². The Bertz CT molecular complexity index is 872. The van der Waals surface area contributed by atoms with E-state index < -0.39 is 5.92 Å². The standard InChI is InChI=1S/C17H15N3O3S2/c1-3-13-19-20-17(25-13)14-15(22)12(24-16(14)18)8-10-4-6-11(7-5-10)23-9(2)21/h4-8,14,18H,3H2,1-2H3/b12-8-,18-16?/t14-/m1/s1. The summed E-state index contributed by atoms with van der Waals surface area (Å²) >= 11 is 2.53. The third-order valence-corrected chi connectivity index (χ3v) is 5.59. The molecule has 8 heteroatoms. The van der Waals surface area contributed by atoms with E-state index in [1.165, 1.54) is 18.3 Å². The van der Waals surface area contributed by atoms with Crippen molar-refractivity contribution < 1.29 is 14.3 Å². The van der Waals surface area contributed by atoms with Gasteiger partial charge in [0.05, 0.1) is 9.95 Å². The molecule has 2 heterocycles. The molecule has 1 aliphatic heterocycles. The molecule has 25 heavy (non-hydrogen) atoms. The molecule has 0 saturated carbocycles. The van der Waals surface area contributed by atoms with Crippen LogP contribution in [-0.2, 0) is 16.0 Å². The van der Waals surface area contributed by atoms with Crippen molar-refractivity contribution in [1.82, 2.24) is 10.2 Å². The predicted octanol–water partition coefficient (Wildman–Crippen LogP) is 3.44. The van der Waals surface area contributed by atoms with Crippen molar-refractivity contribution in [3.63, 3.8) is 0 Å². The van der Waals surface area contributed by atoms with Gasteiger partial charge in [-0.05, 0) is 30.2 Å². The summed E-state index contributed by atoms with van der Waals surface area (Å²) in [6.45, 7) is 3.32. The minimum absolute atomic E-state index is 0.127. The molecule has 0 spiro atoms. The van der Waals surface area contributed by atoms with Crippen LogP contribution in [0.5, 0.6) is 5.75 Å². The minimum atomic E-state index is -0.644. The molecule has 1 saturated heterocycles. The molecule has 128 valence electrons.